The van der Waals surface area contributed by atoms with Gasteiger partial charge in [0.25, 0.3) is 0 Å². The van der Waals surface area contributed by atoms with E-state index in [4.69, 9.17) is 14.2 Å². The van der Waals surface area contributed by atoms with Gasteiger partial charge in [-0.15, -0.1) is 0 Å². The van der Waals surface area contributed by atoms with Gasteiger partial charge in [-0.3, -0.25) is 9.59 Å². The molecule has 0 saturated carbocycles. The Morgan fingerprint density at radius 1 is 0.968 bits per heavy atom. The average Bonchev–Trinajstić information content (AvgIpc) is 2.79. The van der Waals surface area contributed by atoms with Gasteiger partial charge in [0.15, 0.2) is 0 Å². The summed E-state index contributed by atoms with van der Waals surface area (Å²) in [6.07, 6.45) is 1.59. The third-order valence-electron chi connectivity index (χ3n) is 5.20. The van der Waals surface area contributed by atoms with Crippen LogP contribution < -0.4 is 4.74 Å². The molecule has 0 heterocycles. The minimum atomic E-state index is -0.302. The first-order valence-electron chi connectivity index (χ1n) is 10.2. The van der Waals surface area contributed by atoms with Gasteiger partial charge in [0.2, 0.25) is 0 Å². The van der Waals surface area contributed by atoms with Gasteiger partial charge in [-0.25, -0.2) is 0 Å². The van der Waals surface area contributed by atoms with Crippen molar-refractivity contribution in [2.45, 2.75) is 31.6 Å². The molecule has 2 atom stereocenters. The monoisotopic (exact) mass is 492 g/mol. The highest BCUT2D eigenvalue weighted by atomic mass is 79.9. The number of benzene rings is 2. The summed E-state index contributed by atoms with van der Waals surface area (Å²) in [5.74, 6) is 0.157. The van der Waals surface area contributed by atoms with Gasteiger partial charge in [-0.05, 0) is 60.1 Å². The molecular weight excluding hydrogens is 464 g/mol. The predicted molar refractivity (Wildman–Crippen MR) is 122 cm³/mol. The number of hydrogen-bond acceptors (Lipinski definition) is 6. The van der Waals surface area contributed by atoms with Crippen molar-refractivity contribution in [1.29, 1.82) is 0 Å². The number of alkyl halides is 1. The number of phenolic OH excluding ortho intramolecular Hbond substituents is 1. The van der Waals surface area contributed by atoms with Crippen molar-refractivity contribution in [2.24, 2.45) is 5.92 Å². The molecule has 0 spiro atoms. The lowest BCUT2D eigenvalue weighted by atomic mass is 9.77. The van der Waals surface area contributed by atoms with Gasteiger partial charge < -0.3 is 19.3 Å². The van der Waals surface area contributed by atoms with Crippen LogP contribution in [0.1, 0.15) is 36.3 Å². The summed E-state index contributed by atoms with van der Waals surface area (Å²) in [5, 5.41) is 10.4. The Labute approximate surface area is 191 Å². The van der Waals surface area contributed by atoms with Crippen molar-refractivity contribution in [1.82, 2.24) is 0 Å². The van der Waals surface area contributed by atoms with Crippen molar-refractivity contribution in [2.75, 3.05) is 26.2 Å². The van der Waals surface area contributed by atoms with Gasteiger partial charge in [-0.1, -0.05) is 40.2 Å². The topological polar surface area (TPSA) is 82.1 Å². The summed E-state index contributed by atoms with van der Waals surface area (Å²) in [5.41, 5.74) is 2.01. The van der Waals surface area contributed by atoms with Crippen molar-refractivity contribution >= 4 is 27.9 Å². The highest BCUT2D eigenvalue weighted by Gasteiger charge is 2.27. The molecule has 168 valence electrons. The SMILES string of the molecule is COC(=O)CCC(c1ccc(O)cc1)C(CC(=O)OC)Cc1ccc(OCCBr)cc1. The van der Waals surface area contributed by atoms with Crippen LogP contribution in [0.5, 0.6) is 11.5 Å². The van der Waals surface area contributed by atoms with E-state index in [1.807, 2.05) is 36.4 Å². The van der Waals surface area contributed by atoms with Crippen LogP contribution in [0.3, 0.4) is 0 Å². The molecule has 31 heavy (non-hydrogen) atoms. The molecule has 0 fully saturated rings. The number of aromatic hydroxyl groups is 1. The molecular formula is C24H29BrO6. The molecule has 1 N–H and O–H groups in total. The zero-order chi connectivity index (χ0) is 22.6. The second kappa shape index (κ2) is 13.0. The van der Waals surface area contributed by atoms with Gasteiger partial charge in [-0.2, -0.15) is 0 Å². The number of phenols is 1. The summed E-state index contributed by atoms with van der Waals surface area (Å²) < 4.78 is 15.4. The molecule has 2 aromatic rings. The molecule has 0 aliphatic rings. The van der Waals surface area contributed by atoms with E-state index < -0.39 is 0 Å². The van der Waals surface area contributed by atoms with Crippen molar-refractivity contribution in [3.05, 3.63) is 59.7 Å². The minimum absolute atomic E-state index is 0.0943. The first kappa shape index (κ1) is 24.7. The number of hydrogen-bond donors (Lipinski definition) is 1. The molecule has 6 nitrogen and oxygen atoms in total. The lowest BCUT2D eigenvalue weighted by Gasteiger charge is -2.27. The number of carbonyl (C=O) groups excluding carboxylic acids is 2. The maximum absolute atomic E-state index is 12.2. The van der Waals surface area contributed by atoms with Crippen LogP contribution in [0.25, 0.3) is 0 Å². The second-order valence-electron chi connectivity index (χ2n) is 7.24. The van der Waals surface area contributed by atoms with Crippen LogP contribution >= 0.6 is 15.9 Å². The first-order valence-corrected chi connectivity index (χ1v) is 11.3. The van der Waals surface area contributed by atoms with Gasteiger partial charge in [0, 0.05) is 18.2 Å². The maximum atomic E-state index is 12.2. The van der Waals surface area contributed by atoms with Gasteiger partial charge in [0.05, 0.1) is 20.8 Å². The van der Waals surface area contributed by atoms with E-state index in [9.17, 15) is 14.7 Å². The Kier molecular flexibility index (Phi) is 10.4. The van der Waals surface area contributed by atoms with Crippen molar-refractivity contribution in [3.63, 3.8) is 0 Å². The van der Waals surface area contributed by atoms with E-state index in [2.05, 4.69) is 15.9 Å². The quantitative estimate of drug-likeness (QED) is 0.343. The van der Waals surface area contributed by atoms with Crippen LogP contribution in [0.2, 0.25) is 0 Å². The van der Waals surface area contributed by atoms with Crippen LogP contribution in [0.4, 0.5) is 0 Å². The Balaban J connectivity index is 2.28. The van der Waals surface area contributed by atoms with Crippen LogP contribution in [0, 0.1) is 5.92 Å². The predicted octanol–water partition coefficient (Wildman–Crippen LogP) is 4.62. The summed E-state index contributed by atoms with van der Waals surface area (Å²) in [4.78, 5) is 24.0. The van der Waals surface area contributed by atoms with Crippen LogP contribution in [0.15, 0.2) is 48.5 Å². The highest BCUT2D eigenvalue weighted by molar-refractivity contribution is 9.09. The number of ether oxygens (including phenoxy) is 3. The van der Waals surface area contributed by atoms with Gasteiger partial charge >= 0.3 is 11.9 Å². The molecule has 0 amide bonds. The first-order chi connectivity index (χ1) is 15.0. The van der Waals surface area contributed by atoms with E-state index in [1.54, 1.807) is 12.1 Å². The third-order valence-corrected chi connectivity index (χ3v) is 5.52. The normalized spacial score (nSPS) is 12.6. The highest BCUT2D eigenvalue weighted by Crippen LogP contribution is 2.35. The molecule has 0 saturated heterocycles. The molecule has 2 aromatic carbocycles. The Morgan fingerprint density at radius 3 is 2.19 bits per heavy atom. The Hall–Kier alpha value is -2.54. The van der Waals surface area contributed by atoms with Crippen molar-refractivity contribution in [3.8, 4) is 11.5 Å². The fourth-order valence-electron chi connectivity index (χ4n) is 3.61. The standard InChI is InChI=1S/C24H29BrO6/c1-29-23(27)12-11-22(18-5-7-20(26)8-6-18)19(16-24(28)30-2)15-17-3-9-21(10-4-17)31-14-13-25/h3-10,19,22,26H,11-16H2,1-2H3. The second-order valence-corrected chi connectivity index (χ2v) is 8.03. The average molecular weight is 493 g/mol. The fourth-order valence-corrected chi connectivity index (χ4v) is 3.77. The zero-order valence-electron chi connectivity index (χ0n) is 17.9. The zero-order valence-corrected chi connectivity index (χ0v) is 19.5. The number of halogens is 1. The van der Waals surface area contributed by atoms with E-state index in [0.717, 1.165) is 22.2 Å². The summed E-state index contributed by atoms with van der Waals surface area (Å²) in [6.45, 7) is 0.584. The summed E-state index contributed by atoms with van der Waals surface area (Å²) in [7, 11) is 2.74. The number of rotatable bonds is 12. The van der Waals surface area contributed by atoms with Crippen LogP contribution in [-0.2, 0) is 25.5 Å². The Morgan fingerprint density at radius 2 is 1.61 bits per heavy atom. The summed E-state index contributed by atoms with van der Waals surface area (Å²) in [6, 6.07) is 14.7. The fraction of sp³-hybridized carbons (Fsp3) is 0.417. The summed E-state index contributed by atoms with van der Waals surface area (Å²) >= 11 is 3.34. The van der Waals surface area contributed by atoms with E-state index >= 15 is 0 Å². The number of esters is 2. The van der Waals surface area contributed by atoms with Gasteiger partial charge in [0.1, 0.15) is 11.5 Å². The van der Waals surface area contributed by atoms with Crippen molar-refractivity contribution < 1.29 is 28.9 Å². The molecule has 2 rings (SSSR count). The molecule has 0 aromatic heterocycles. The maximum Gasteiger partial charge on any atom is 0.305 e. The third kappa shape index (κ3) is 8.25. The molecule has 0 bridgehead atoms. The molecule has 0 radical (unpaired) electrons. The van der Waals surface area contributed by atoms with E-state index in [-0.39, 0.29) is 42.4 Å². The van der Waals surface area contributed by atoms with Crippen LogP contribution in [-0.4, -0.2) is 43.2 Å². The van der Waals surface area contributed by atoms with E-state index in [0.29, 0.717) is 19.4 Å². The molecule has 2 unspecified atom stereocenters. The largest absolute Gasteiger partial charge is 0.508 e. The van der Waals surface area contributed by atoms with E-state index in [1.165, 1.54) is 14.2 Å². The molecule has 7 heteroatoms. The Bertz CT molecular complexity index is 819. The minimum Gasteiger partial charge on any atom is -0.508 e. The lowest BCUT2D eigenvalue weighted by molar-refractivity contribution is -0.141. The molecule has 0 aliphatic carbocycles. The number of carbonyl (C=O) groups is 2. The smallest absolute Gasteiger partial charge is 0.305 e. The molecule has 0 aliphatic heterocycles. The lowest BCUT2D eigenvalue weighted by Crippen LogP contribution is -2.21. The number of methoxy groups -OCH3 is 2.